The Morgan fingerprint density at radius 1 is 1.09 bits per heavy atom. The lowest BCUT2D eigenvalue weighted by Crippen LogP contribution is -2.44. The fourth-order valence-corrected chi connectivity index (χ4v) is 3.57. The summed E-state index contributed by atoms with van der Waals surface area (Å²) in [6, 6.07) is 8.42. The van der Waals surface area contributed by atoms with Gasteiger partial charge < -0.3 is 0 Å². The highest BCUT2D eigenvalue weighted by Crippen LogP contribution is 2.29. The van der Waals surface area contributed by atoms with Crippen LogP contribution >= 0.6 is 0 Å². The average molecular weight is 312 g/mol. The largest absolute Gasteiger partial charge is 0.273 e. The van der Waals surface area contributed by atoms with Gasteiger partial charge in [-0.3, -0.25) is 14.6 Å². The van der Waals surface area contributed by atoms with Gasteiger partial charge in [0, 0.05) is 25.6 Å². The second kappa shape index (κ2) is 6.57. The first-order valence-electron chi connectivity index (χ1n) is 8.38. The quantitative estimate of drug-likeness (QED) is 0.805. The van der Waals surface area contributed by atoms with Crippen LogP contribution in [0.4, 0.5) is 0 Å². The number of amides is 2. The highest BCUT2D eigenvalue weighted by atomic mass is 16.2. The van der Waals surface area contributed by atoms with Crippen molar-refractivity contribution in [1.29, 1.82) is 0 Å². The zero-order valence-corrected chi connectivity index (χ0v) is 13.9. The lowest BCUT2D eigenvalue weighted by molar-refractivity contribution is -0.155. The first-order chi connectivity index (χ1) is 11.0. The van der Waals surface area contributed by atoms with E-state index in [-0.39, 0.29) is 11.8 Å². The first-order valence-corrected chi connectivity index (χ1v) is 8.38. The van der Waals surface area contributed by atoms with Crippen molar-refractivity contribution in [3.8, 4) is 0 Å². The SMILES string of the molecule is CC(C)=CC(=O)N1CCCN1C(=O)CC1Cc2ccccc2C1. The molecular formula is C19H24N2O2. The van der Waals surface area contributed by atoms with E-state index < -0.39 is 0 Å². The van der Waals surface area contributed by atoms with Gasteiger partial charge in [-0.1, -0.05) is 29.8 Å². The number of hydrogen-bond donors (Lipinski definition) is 0. The lowest BCUT2D eigenvalue weighted by Gasteiger charge is -2.28. The first kappa shape index (κ1) is 15.8. The van der Waals surface area contributed by atoms with E-state index in [2.05, 4.69) is 24.3 Å². The molecule has 0 atom stereocenters. The van der Waals surface area contributed by atoms with Crippen LogP contribution in [0.15, 0.2) is 35.9 Å². The molecule has 0 aromatic heterocycles. The van der Waals surface area contributed by atoms with Gasteiger partial charge in [0.2, 0.25) is 5.91 Å². The van der Waals surface area contributed by atoms with Crippen LogP contribution in [0.1, 0.15) is 37.8 Å². The second-order valence-corrected chi connectivity index (χ2v) is 6.80. The zero-order valence-electron chi connectivity index (χ0n) is 13.9. The van der Waals surface area contributed by atoms with E-state index in [0.717, 1.165) is 24.8 Å². The summed E-state index contributed by atoms with van der Waals surface area (Å²) in [5.41, 5.74) is 3.69. The zero-order chi connectivity index (χ0) is 16.4. The van der Waals surface area contributed by atoms with Crippen molar-refractivity contribution in [1.82, 2.24) is 10.0 Å². The Hall–Kier alpha value is -2.10. The van der Waals surface area contributed by atoms with E-state index in [9.17, 15) is 9.59 Å². The average Bonchev–Trinajstić information content (AvgIpc) is 3.12. The predicted molar refractivity (Wildman–Crippen MR) is 89.4 cm³/mol. The molecule has 3 rings (SSSR count). The Kier molecular flexibility index (Phi) is 4.51. The van der Waals surface area contributed by atoms with Crippen LogP contribution in [0.5, 0.6) is 0 Å². The normalized spacial score (nSPS) is 17.3. The van der Waals surface area contributed by atoms with E-state index in [1.54, 1.807) is 16.1 Å². The molecule has 1 aliphatic carbocycles. The fourth-order valence-electron chi connectivity index (χ4n) is 3.57. The number of hydrogen-bond acceptors (Lipinski definition) is 2. The summed E-state index contributed by atoms with van der Waals surface area (Å²) in [5.74, 6) is 0.363. The van der Waals surface area contributed by atoms with E-state index in [1.807, 2.05) is 13.8 Å². The van der Waals surface area contributed by atoms with E-state index in [1.165, 1.54) is 11.1 Å². The summed E-state index contributed by atoms with van der Waals surface area (Å²) in [4.78, 5) is 24.9. The molecule has 1 aromatic carbocycles. The third kappa shape index (κ3) is 3.46. The maximum absolute atomic E-state index is 12.7. The fraction of sp³-hybridized carbons (Fsp3) is 0.474. The van der Waals surface area contributed by atoms with Gasteiger partial charge >= 0.3 is 0 Å². The maximum Gasteiger partial charge on any atom is 0.265 e. The second-order valence-electron chi connectivity index (χ2n) is 6.80. The molecule has 0 radical (unpaired) electrons. The van der Waals surface area contributed by atoms with Crippen LogP contribution in [-0.4, -0.2) is 34.9 Å². The summed E-state index contributed by atoms with van der Waals surface area (Å²) in [5, 5.41) is 3.27. The van der Waals surface area contributed by atoms with Crippen LogP contribution < -0.4 is 0 Å². The van der Waals surface area contributed by atoms with Crippen LogP contribution in [0, 0.1) is 5.92 Å². The van der Waals surface area contributed by atoms with Gasteiger partial charge in [0.05, 0.1) is 0 Å². The summed E-state index contributed by atoms with van der Waals surface area (Å²) in [7, 11) is 0. The van der Waals surface area contributed by atoms with Crippen molar-refractivity contribution in [3.63, 3.8) is 0 Å². The summed E-state index contributed by atoms with van der Waals surface area (Å²) in [6.07, 6.45) is 4.93. The number of carbonyl (C=O) groups is 2. The molecule has 2 amide bonds. The van der Waals surface area contributed by atoms with Crippen LogP contribution in [-0.2, 0) is 22.4 Å². The van der Waals surface area contributed by atoms with E-state index >= 15 is 0 Å². The Morgan fingerprint density at radius 2 is 1.70 bits per heavy atom. The van der Waals surface area contributed by atoms with Crippen molar-refractivity contribution in [2.45, 2.75) is 39.5 Å². The predicted octanol–water partition coefficient (Wildman–Crippen LogP) is 2.73. The Labute approximate surface area is 137 Å². The monoisotopic (exact) mass is 312 g/mol. The highest BCUT2D eigenvalue weighted by Gasteiger charge is 2.32. The summed E-state index contributed by atoms with van der Waals surface area (Å²) < 4.78 is 0. The molecule has 122 valence electrons. The van der Waals surface area contributed by atoms with Crippen LogP contribution in [0.25, 0.3) is 0 Å². The van der Waals surface area contributed by atoms with Crippen molar-refractivity contribution in [3.05, 3.63) is 47.0 Å². The highest BCUT2D eigenvalue weighted by molar-refractivity contribution is 5.90. The molecule has 0 N–H and O–H groups in total. The number of benzene rings is 1. The maximum atomic E-state index is 12.7. The number of carbonyl (C=O) groups excluding carboxylic acids is 2. The molecule has 23 heavy (non-hydrogen) atoms. The van der Waals surface area contributed by atoms with E-state index in [0.29, 0.717) is 25.4 Å². The minimum atomic E-state index is -0.0782. The van der Waals surface area contributed by atoms with Gasteiger partial charge in [0.1, 0.15) is 0 Å². The summed E-state index contributed by atoms with van der Waals surface area (Å²) >= 11 is 0. The molecule has 2 aliphatic rings. The molecular weight excluding hydrogens is 288 g/mol. The molecule has 1 heterocycles. The number of allylic oxidation sites excluding steroid dienone is 1. The molecule has 4 nitrogen and oxygen atoms in total. The topological polar surface area (TPSA) is 40.6 Å². The van der Waals surface area contributed by atoms with E-state index in [4.69, 9.17) is 0 Å². The standard InChI is InChI=1S/C19H24N2O2/c1-14(2)10-18(22)20-8-5-9-21(20)19(23)13-15-11-16-6-3-4-7-17(16)12-15/h3-4,6-7,10,15H,5,8-9,11-13H2,1-2H3. The number of fused-ring (bicyclic) bond motifs is 1. The molecule has 0 unspecified atom stereocenters. The molecule has 4 heteroatoms. The third-order valence-electron chi connectivity index (χ3n) is 4.58. The van der Waals surface area contributed by atoms with Crippen molar-refractivity contribution >= 4 is 11.8 Å². The molecule has 1 saturated heterocycles. The van der Waals surface area contributed by atoms with Crippen molar-refractivity contribution < 1.29 is 9.59 Å². The molecule has 1 aliphatic heterocycles. The van der Waals surface area contributed by atoms with Gasteiger partial charge in [-0.05, 0) is 50.2 Å². The van der Waals surface area contributed by atoms with Gasteiger partial charge in [0.25, 0.3) is 5.91 Å². The smallest absolute Gasteiger partial charge is 0.265 e. The van der Waals surface area contributed by atoms with Gasteiger partial charge in [-0.25, -0.2) is 5.01 Å². The van der Waals surface area contributed by atoms with Crippen molar-refractivity contribution in [2.75, 3.05) is 13.1 Å². The number of rotatable bonds is 3. The summed E-state index contributed by atoms with van der Waals surface area (Å²) in [6.45, 7) is 5.09. The van der Waals surface area contributed by atoms with Crippen LogP contribution in [0.2, 0.25) is 0 Å². The Balaban J connectivity index is 1.62. The molecule has 0 saturated carbocycles. The number of nitrogens with zero attached hydrogens (tertiary/aromatic N) is 2. The third-order valence-corrected chi connectivity index (χ3v) is 4.58. The minimum Gasteiger partial charge on any atom is -0.273 e. The van der Waals surface area contributed by atoms with Gasteiger partial charge in [-0.15, -0.1) is 0 Å². The van der Waals surface area contributed by atoms with Gasteiger partial charge in [0.15, 0.2) is 0 Å². The Bertz CT molecular complexity index is 622. The minimum absolute atomic E-state index is 0.0782. The lowest BCUT2D eigenvalue weighted by atomic mass is 10.0. The van der Waals surface area contributed by atoms with Gasteiger partial charge in [-0.2, -0.15) is 0 Å². The Morgan fingerprint density at radius 3 is 2.30 bits per heavy atom. The molecule has 1 fully saturated rings. The molecule has 0 spiro atoms. The molecule has 1 aromatic rings. The number of hydrazine groups is 1. The van der Waals surface area contributed by atoms with Crippen molar-refractivity contribution in [2.24, 2.45) is 5.92 Å². The van der Waals surface area contributed by atoms with Crippen LogP contribution in [0.3, 0.4) is 0 Å². The molecule has 0 bridgehead atoms.